The van der Waals surface area contributed by atoms with Crippen LogP contribution in [-0.4, -0.2) is 41.2 Å². The molecule has 2 aliphatic rings. The summed E-state index contributed by atoms with van der Waals surface area (Å²) in [6.07, 6.45) is 4.56. The highest BCUT2D eigenvalue weighted by Gasteiger charge is 2.36. The van der Waals surface area contributed by atoms with E-state index in [9.17, 15) is 14.3 Å². The molecule has 3 aromatic rings. The summed E-state index contributed by atoms with van der Waals surface area (Å²) in [6, 6.07) is 5.40. The molecule has 1 atom stereocenters. The summed E-state index contributed by atoms with van der Waals surface area (Å²) in [5.74, 6) is -1.31. The van der Waals surface area contributed by atoms with E-state index >= 15 is 0 Å². The number of aliphatic carboxylic acids is 1. The number of hydrogen-bond donors (Lipinski definition) is 3. The monoisotopic (exact) mass is 378 g/mol. The van der Waals surface area contributed by atoms with Crippen molar-refractivity contribution in [1.82, 2.24) is 15.3 Å². The van der Waals surface area contributed by atoms with Gasteiger partial charge in [0.05, 0.1) is 0 Å². The molecule has 0 aliphatic carbocycles. The van der Waals surface area contributed by atoms with Crippen LogP contribution < -0.4 is 10.2 Å². The van der Waals surface area contributed by atoms with E-state index in [0.29, 0.717) is 22.5 Å². The van der Waals surface area contributed by atoms with Gasteiger partial charge in [-0.3, -0.25) is 0 Å². The lowest BCUT2D eigenvalue weighted by molar-refractivity contribution is -0.138. The first-order valence-corrected chi connectivity index (χ1v) is 9.22. The molecule has 2 aliphatic heterocycles. The van der Waals surface area contributed by atoms with Gasteiger partial charge in [-0.15, -0.1) is 0 Å². The van der Waals surface area contributed by atoms with Gasteiger partial charge >= 0.3 is 5.97 Å². The van der Waals surface area contributed by atoms with E-state index in [1.165, 1.54) is 12.1 Å². The van der Waals surface area contributed by atoms with Crippen molar-refractivity contribution >= 4 is 28.3 Å². The van der Waals surface area contributed by atoms with Gasteiger partial charge in [0.25, 0.3) is 0 Å². The van der Waals surface area contributed by atoms with E-state index in [4.69, 9.17) is 0 Å². The van der Waals surface area contributed by atoms with Crippen molar-refractivity contribution in [1.29, 1.82) is 0 Å². The Morgan fingerprint density at radius 2 is 2.18 bits per heavy atom. The van der Waals surface area contributed by atoms with Crippen LogP contribution in [0.5, 0.6) is 0 Å². The number of carboxylic acid groups (broad SMARTS) is 1. The first-order valence-electron chi connectivity index (χ1n) is 9.22. The van der Waals surface area contributed by atoms with Gasteiger partial charge < -0.3 is 20.3 Å². The number of likely N-dealkylation sites (N-methyl/N-ethyl adjacent to an activating group) is 1. The summed E-state index contributed by atoms with van der Waals surface area (Å²) in [4.78, 5) is 21.9. The Bertz CT molecular complexity index is 1150. The zero-order chi connectivity index (χ0) is 19.4. The van der Waals surface area contributed by atoms with Crippen molar-refractivity contribution < 1.29 is 14.3 Å². The zero-order valence-electron chi connectivity index (χ0n) is 15.3. The number of carboxylic acids is 1. The Morgan fingerprint density at radius 3 is 2.93 bits per heavy atom. The molecule has 3 N–H and O–H groups in total. The fraction of sp³-hybridized carbons (Fsp3) is 0.238. The molecular weight excluding hydrogens is 359 g/mol. The molecule has 1 aromatic carbocycles. The van der Waals surface area contributed by atoms with Crippen LogP contribution in [0.3, 0.4) is 0 Å². The lowest BCUT2D eigenvalue weighted by Gasteiger charge is -2.28. The Balaban J connectivity index is 1.91. The standard InChI is InChI=1S/C21H19FN4O2/c1-26-15-3-2-12(22)10-14(15)13-6-9-24-20-16(13)17(19(26)21(27)28)18(25-20)11-4-7-23-8-5-11/h2-4,6,9-10,19,23H,5,7-8H2,1H3,(H,24,25)(H,27,28). The molecule has 5 rings (SSSR count). The highest BCUT2D eigenvalue weighted by atomic mass is 19.1. The molecule has 2 aromatic heterocycles. The second-order valence-electron chi connectivity index (χ2n) is 7.19. The maximum absolute atomic E-state index is 14.1. The van der Waals surface area contributed by atoms with Gasteiger partial charge in [-0.05, 0) is 48.4 Å². The fourth-order valence-corrected chi connectivity index (χ4v) is 4.39. The molecule has 0 radical (unpaired) electrons. The Kier molecular flexibility index (Phi) is 3.73. The molecule has 1 unspecified atom stereocenters. The first kappa shape index (κ1) is 16.9. The number of benzene rings is 1. The molecule has 0 spiro atoms. The quantitative estimate of drug-likeness (QED) is 0.637. The van der Waals surface area contributed by atoms with Gasteiger partial charge in [0, 0.05) is 47.7 Å². The van der Waals surface area contributed by atoms with Crippen molar-refractivity contribution in [3.8, 4) is 11.1 Å². The van der Waals surface area contributed by atoms with Crippen LogP contribution in [0.1, 0.15) is 23.7 Å². The Labute approximate surface area is 160 Å². The van der Waals surface area contributed by atoms with Crippen LogP contribution >= 0.6 is 0 Å². The van der Waals surface area contributed by atoms with Gasteiger partial charge in [-0.2, -0.15) is 0 Å². The van der Waals surface area contributed by atoms with Crippen molar-refractivity contribution in [3.63, 3.8) is 0 Å². The van der Waals surface area contributed by atoms with Crippen molar-refractivity contribution in [2.75, 3.05) is 25.0 Å². The average molecular weight is 378 g/mol. The molecular formula is C21H19FN4O2. The van der Waals surface area contributed by atoms with Crippen molar-refractivity contribution in [3.05, 3.63) is 53.6 Å². The van der Waals surface area contributed by atoms with Gasteiger partial charge in [0.2, 0.25) is 0 Å². The molecule has 4 heterocycles. The first-order chi connectivity index (χ1) is 13.6. The number of rotatable bonds is 2. The Morgan fingerprint density at radius 1 is 1.32 bits per heavy atom. The summed E-state index contributed by atoms with van der Waals surface area (Å²) in [5.41, 5.74) is 5.35. The molecule has 0 fully saturated rings. The number of nitrogens with zero attached hydrogens (tertiary/aromatic N) is 2. The number of pyridine rings is 1. The fourth-order valence-electron chi connectivity index (χ4n) is 4.39. The zero-order valence-corrected chi connectivity index (χ0v) is 15.3. The summed E-state index contributed by atoms with van der Waals surface area (Å²) < 4.78 is 14.1. The van der Waals surface area contributed by atoms with Crippen LogP contribution in [-0.2, 0) is 4.79 Å². The number of anilines is 1. The van der Waals surface area contributed by atoms with E-state index < -0.39 is 12.0 Å². The van der Waals surface area contributed by atoms with Crippen molar-refractivity contribution in [2.45, 2.75) is 12.5 Å². The summed E-state index contributed by atoms with van der Waals surface area (Å²) in [7, 11) is 1.74. The molecule has 6 nitrogen and oxygen atoms in total. The minimum atomic E-state index is -0.953. The number of hydrogen-bond acceptors (Lipinski definition) is 4. The molecule has 0 saturated carbocycles. The minimum Gasteiger partial charge on any atom is -0.479 e. The highest BCUT2D eigenvalue weighted by Crippen LogP contribution is 2.47. The molecule has 0 saturated heterocycles. The predicted octanol–water partition coefficient (Wildman–Crippen LogP) is 3.32. The predicted molar refractivity (Wildman–Crippen MR) is 106 cm³/mol. The number of halogens is 1. The molecule has 0 amide bonds. The summed E-state index contributed by atoms with van der Waals surface area (Å²) >= 11 is 0. The van der Waals surface area contributed by atoms with Crippen LogP contribution in [0.2, 0.25) is 0 Å². The number of aromatic amines is 1. The third-order valence-electron chi connectivity index (χ3n) is 5.64. The van der Waals surface area contributed by atoms with Crippen LogP contribution in [0.4, 0.5) is 10.1 Å². The number of nitrogens with one attached hydrogen (secondary N) is 2. The number of aromatic nitrogens is 2. The second-order valence-corrected chi connectivity index (χ2v) is 7.19. The molecule has 0 bridgehead atoms. The molecule has 7 heteroatoms. The minimum absolute atomic E-state index is 0.357. The van der Waals surface area contributed by atoms with Crippen molar-refractivity contribution in [2.24, 2.45) is 0 Å². The van der Waals surface area contributed by atoms with Gasteiger partial charge in [-0.25, -0.2) is 14.2 Å². The maximum Gasteiger partial charge on any atom is 0.331 e. The second kappa shape index (κ2) is 6.17. The van der Waals surface area contributed by atoms with Crippen LogP contribution in [0.25, 0.3) is 27.7 Å². The molecule has 28 heavy (non-hydrogen) atoms. The lowest BCUT2D eigenvalue weighted by atomic mass is 9.94. The van der Waals surface area contributed by atoms with E-state index in [2.05, 4.69) is 21.4 Å². The summed E-state index contributed by atoms with van der Waals surface area (Å²) in [5, 5.41) is 14.2. The number of H-pyrrole nitrogens is 1. The van der Waals surface area contributed by atoms with Gasteiger partial charge in [-0.1, -0.05) is 6.08 Å². The van der Waals surface area contributed by atoms with E-state index in [1.54, 1.807) is 24.2 Å². The van der Waals surface area contributed by atoms with Gasteiger partial charge in [0.15, 0.2) is 6.04 Å². The third-order valence-corrected chi connectivity index (χ3v) is 5.64. The maximum atomic E-state index is 14.1. The topological polar surface area (TPSA) is 81.2 Å². The Hall–Kier alpha value is -3.19. The van der Waals surface area contributed by atoms with E-state index in [1.807, 2.05) is 6.07 Å². The highest BCUT2D eigenvalue weighted by molar-refractivity contribution is 6.06. The third kappa shape index (κ3) is 2.36. The van der Waals surface area contributed by atoms with Gasteiger partial charge in [0.1, 0.15) is 11.5 Å². The average Bonchev–Trinajstić information content (AvgIpc) is 3.03. The largest absolute Gasteiger partial charge is 0.479 e. The lowest BCUT2D eigenvalue weighted by Crippen LogP contribution is -2.31. The smallest absolute Gasteiger partial charge is 0.331 e. The van der Waals surface area contributed by atoms with Crippen LogP contribution in [0, 0.1) is 5.82 Å². The van der Waals surface area contributed by atoms with E-state index in [-0.39, 0.29) is 5.82 Å². The van der Waals surface area contributed by atoms with Crippen LogP contribution in [0.15, 0.2) is 36.5 Å². The number of fused-ring (bicyclic) bond motifs is 2. The molecule has 142 valence electrons. The summed E-state index contributed by atoms with van der Waals surface area (Å²) in [6.45, 7) is 1.57. The number of carbonyl (C=O) groups is 1. The van der Waals surface area contributed by atoms with E-state index in [0.717, 1.165) is 41.7 Å². The normalized spacial score (nSPS) is 18.6. The SMILES string of the molecule is CN1c2ccc(F)cc2-c2ccnc3[nH]c(C4=CCNCC4)c(c23)C1C(=O)O.